The smallest absolute Gasteiger partial charge is 0.119 e. The molecular formula is C17H26N2O2. The second kappa shape index (κ2) is 7.25. The second-order valence-electron chi connectivity index (χ2n) is 6.07. The van der Waals surface area contributed by atoms with E-state index in [1.54, 1.807) is 0 Å². The highest BCUT2D eigenvalue weighted by Gasteiger charge is 2.13. The molecule has 1 aromatic rings. The molecule has 0 N–H and O–H groups in total. The quantitative estimate of drug-likeness (QED) is 0.772. The largest absolute Gasteiger partial charge is 0.494 e. The summed E-state index contributed by atoms with van der Waals surface area (Å²) in [7, 11) is 2.18. The average molecular weight is 290 g/mol. The molecule has 21 heavy (non-hydrogen) atoms. The zero-order chi connectivity index (χ0) is 14.5. The van der Waals surface area contributed by atoms with E-state index in [2.05, 4.69) is 35.0 Å². The van der Waals surface area contributed by atoms with E-state index in [9.17, 15) is 0 Å². The summed E-state index contributed by atoms with van der Waals surface area (Å²) in [5, 5.41) is 0. The normalized spacial score (nSPS) is 20.2. The summed E-state index contributed by atoms with van der Waals surface area (Å²) in [5.74, 6) is 1.03. The van der Waals surface area contributed by atoms with Crippen LogP contribution in [0, 0.1) is 0 Å². The van der Waals surface area contributed by atoms with Crippen LogP contribution in [0.2, 0.25) is 0 Å². The summed E-state index contributed by atoms with van der Waals surface area (Å²) in [4.78, 5) is 4.82. The first-order valence-electron chi connectivity index (χ1n) is 8.04. The molecule has 4 heteroatoms. The molecule has 116 valence electrons. The van der Waals surface area contributed by atoms with Crippen molar-refractivity contribution < 1.29 is 9.47 Å². The topological polar surface area (TPSA) is 24.9 Å². The number of likely N-dealkylation sites (N-methyl/N-ethyl adjacent to an activating group) is 1. The minimum absolute atomic E-state index is 0.802. The Morgan fingerprint density at radius 1 is 1.14 bits per heavy atom. The van der Waals surface area contributed by atoms with Gasteiger partial charge < -0.3 is 14.4 Å². The highest BCUT2D eigenvalue weighted by Crippen LogP contribution is 2.23. The number of hydrogen-bond acceptors (Lipinski definition) is 4. The Bertz CT molecular complexity index is 458. The summed E-state index contributed by atoms with van der Waals surface area (Å²) in [6, 6.07) is 6.58. The van der Waals surface area contributed by atoms with Crippen LogP contribution in [0.25, 0.3) is 0 Å². The van der Waals surface area contributed by atoms with Crippen molar-refractivity contribution in [3.05, 3.63) is 29.3 Å². The van der Waals surface area contributed by atoms with Crippen molar-refractivity contribution in [3.8, 4) is 5.75 Å². The summed E-state index contributed by atoms with van der Waals surface area (Å²) >= 11 is 0. The van der Waals surface area contributed by atoms with Crippen molar-refractivity contribution in [1.29, 1.82) is 0 Å². The van der Waals surface area contributed by atoms with Crippen molar-refractivity contribution in [3.63, 3.8) is 0 Å². The molecule has 0 atom stereocenters. The van der Waals surface area contributed by atoms with Gasteiger partial charge in [-0.15, -0.1) is 0 Å². The molecule has 0 aromatic heterocycles. The summed E-state index contributed by atoms with van der Waals surface area (Å²) in [6.45, 7) is 7.99. The molecule has 0 aliphatic carbocycles. The summed E-state index contributed by atoms with van der Waals surface area (Å²) < 4.78 is 11.3. The van der Waals surface area contributed by atoms with Crippen molar-refractivity contribution in [2.45, 2.75) is 19.4 Å². The monoisotopic (exact) mass is 290 g/mol. The van der Waals surface area contributed by atoms with Gasteiger partial charge in [0, 0.05) is 32.7 Å². The molecule has 1 aromatic carbocycles. The van der Waals surface area contributed by atoms with Crippen LogP contribution in [0.3, 0.4) is 0 Å². The number of rotatable bonds is 5. The van der Waals surface area contributed by atoms with E-state index in [0.717, 1.165) is 71.1 Å². The molecular weight excluding hydrogens is 264 g/mol. The van der Waals surface area contributed by atoms with Crippen molar-refractivity contribution in [2.24, 2.45) is 0 Å². The Balaban J connectivity index is 1.43. The van der Waals surface area contributed by atoms with Gasteiger partial charge in [0.2, 0.25) is 0 Å². The molecule has 4 nitrogen and oxygen atoms in total. The van der Waals surface area contributed by atoms with E-state index in [0.29, 0.717) is 0 Å². The molecule has 2 aliphatic heterocycles. The molecule has 0 radical (unpaired) electrons. The number of fused-ring (bicyclic) bond motifs is 1. The fourth-order valence-corrected chi connectivity index (χ4v) is 3.06. The van der Waals surface area contributed by atoms with Crippen LogP contribution in [-0.4, -0.2) is 62.8 Å². The van der Waals surface area contributed by atoms with Gasteiger partial charge >= 0.3 is 0 Å². The Kier molecular flexibility index (Phi) is 5.12. The van der Waals surface area contributed by atoms with Crippen molar-refractivity contribution in [2.75, 3.05) is 53.0 Å². The highest BCUT2D eigenvalue weighted by molar-refractivity contribution is 5.37. The van der Waals surface area contributed by atoms with Gasteiger partial charge in [-0.3, -0.25) is 4.90 Å². The summed E-state index contributed by atoms with van der Waals surface area (Å²) in [5.41, 5.74) is 2.91. The van der Waals surface area contributed by atoms with Crippen molar-refractivity contribution >= 4 is 0 Å². The SMILES string of the molecule is CN1CCc2cc(OCCCN3CCOCC3)ccc2C1. The standard InChI is InChI=1S/C17H26N2O2/c1-18-7-5-15-13-17(4-3-16(15)14-18)21-10-2-6-19-8-11-20-12-9-19/h3-4,13H,2,5-12,14H2,1H3. The van der Waals surface area contributed by atoms with E-state index < -0.39 is 0 Å². The van der Waals surface area contributed by atoms with Crippen LogP contribution in [0.15, 0.2) is 18.2 Å². The lowest BCUT2D eigenvalue weighted by Gasteiger charge is -2.26. The fourth-order valence-electron chi connectivity index (χ4n) is 3.06. The maximum absolute atomic E-state index is 5.92. The van der Waals surface area contributed by atoms with Gasteiger partial charge in [-0.2, -0.15) is 0 Å². The third-order valence-electron chi connectivity index (χ3n) is 4.37. The Morgan fingerprint density at radius 3 is 2.86 bits per heavy atom. The lowest BCUT2D eigenvalue weighted by molar-refractivity contribution is 0.0358. The first-order chi connectivity index (χ1) is 10.3. The van der Waals surface area contributed by atoms with Gasteiger partial charge in [-0.1, -0.05) is 6.07 Å². The van der Waals surface area contributed by atoms with Crippen LogP contribution in [-0.2, 0) is 17.7 Å². The van der Waals surface area contributed by atoms with E-state index >= 15 is 0 Å². The molecule has 2 aliphatic rings. The first kappa shape index (κ1) is 14.8. The number of ether oxygens (including phenoxy) is 2. The van der Waals surface area contributed by atoms with Gasteiger partial charge in [0.15, 0.2) is 0 Å². The molecule has 3 rings (SSSR count). The van der Waals surface area contributed by atoms with Crippen LogP contribution in [0.4, 0.5) is 0 Å². The number of nitrogens with zero attached hydrogens (tertiary/aromatic N) is 2. The molecule has 0 amide bonds. The zero-order valence-electron chi connectivity index (χ0n) is 13.0. The minimum atomic E-state index is 0.802. The van der Waals surface area contributed by atoms with Gasteiger partial charge in [0.05, 0.1) is 19.8 Å². The lowest BCUT2D eigenvalue weighted by Crippen LogP contribution is -2.37. The number of morpholine rings is 1. The zero-order valence-corrected chi connectivity index (χ0v) is 13.0. The third kappa shape index (κ3) is 4.19. The van der Waals surface area contributed by atoms with Crippen LogP contribution in [0.1, 0.15) is 17.5 Å². The van der Waals surface area contributed by atoms with Gasteiger partial charge in [-0.25, -0.2) is 0 Å². The van der Waals surface area contributed by atoms with E-state index in [4.69, 9.17) is 9.47 Å². The number of benzene rings is 1. The summed E-state index contributed by atoms with van der Waals surface area (Å²) in [6.07, 6.45) is 2.22. The Morgan fingerprint density at radius 2 is 2.00 bits per heavy atom. The predicted molar refractivity (Wildman–Crippen MR) is 83.9 cm³/mol. The highest BCUT2D eigenvalue weighted by atomic mass is 16.5. The van der Waals surface area contributed by atoms with E-state index in [1.807, 2.05) is 0 Å². The fraction of sp³-hybridized carbons (Fsp3) is 0.647. The van der Waals surface area contributed by atoms with E-state index in [-0.39, 0.29) is 0 Å². The van der Waals surface area contributed by atoms with Gasteiger partial charge in [0.1, 0.15) is 5.75 Å². The molecule has 0 unspecified atom stereocenters. The van der Waals surface area contributed by atoms with Crippen LogP contribution in [0.5, 0.6) is 5.75 Å². The maximum atomic E-state index is 5.92. The lowest BCUT2D eigenvalue weighted by atomic mass is 10.00. The Hall–Kier alpha value is -1.10. The maximum Gasteiger partial charge on any atom is 0.119 e. The minimum Gasteiger partial charge on any atom is -0.494 e. The molecule has 0 spiro atoms. The average Bonchev–Trinajstić information content (AvgIpc) is 2.52. The van der Waals surface area contributed by atoms with Gasteiger partial charge in [0.25, 0.3) is 0 Å². The van der Waals surface area contributed by atoms with E-state index in [1.165, 1.54) is 11.1 Å². The molecule has 0 saturated carbocycles. The molecule has 0 bridgehead atoms. The van der Waals surface area contributed by atoms with Crippen LogP contribution < -0.4 is 4.74 Å². The molecule has 2 heterocycles. The third-order valence-corrected chi connectivity index (χ3v) is 4.37. The van der Waals surface area contributed by atoms with Gasteiger partial charge in [-0.05, 0) is 43.1 Å². The Labute approximate surface area is 127 Å². The predicted octanol–water partition coefficient (Wildman–Crippen LogP) is 1.78. The van der Waals surface area contributed by atoms with Crippen molar-refractivity contribution in [1.82, 2.24) is 9.80 Å². The first-order valence-corrected chi connectivity index (χ1v) is 8.04. The number of hydrogen-bond donors (Lipinski definition) is 0. The second-order valence-corrected chi connectivity index (χ2v) is 6.07. The molecule has 1 fully saturated rings. The van der Waals surface area contributed by atoms with Crippen LogP contribution >= 0.6 is 0 Å². The molecule has 1 saturated heterocycles.